The van der Waals surface area contributed by atoms with E-state index in [1.807, 2.05) is 19.1 Å². The Morgan fingerprint density at radius 1 is 1.25 bits per heavy atom. The molecule has 1 N–H and O–H groups in total. The van der Waals surface area contributed by atoms with Crippen LogP contribution in [0.3, 0.4) is 0 Å². The van der Waals surface area contributed by atoms with Crippen LogP contribution in [0.5, 0.6) is 0 Å². The highest BCUT2D eigenvalue weighted by atomic mass is 32.2. The summed E-state index contributed by atoms with van der Waals surface area (Å²) in [6, 6.07) is 11.6. The van der Waals surface area contributed by atoms with Gasteiger partial charge in [-0.1, -0.05) is 18.2 Å². The molecule has 0 fully saturated rings. The third-order valence-electron chi connectivity index (χ3n) is 2.84. The van der Waals surface area contributed by atoms with Gasteiger partial charge in [-0.3, -0.25) is 4.98 Å². The lowest BCUT2D eigenvalue weighted by atomic mass is 10.2. The SMILES string of the molecule is Cc1cccnc1CNS(=O)(=O)c1ccccc1C#N. The number of hydrogen-bond donors (Lipinski definition) is 1. The highest BCUT2D eigenvalue weighted by Crippen LogP contribution is 2.14. The van der Waals surface area contributed by atoms with E-state index in [1.54, 1.807) is 24.4 Å². The summed E-state index contributed by atoms with van der Waals surface area (Å²) in [4.78, 5) is 4.11. The van der Waals surface area contributed by atoms with Crippen LogP contribution in [0.15, 0.2) is 47.5 Å². The Morgan fingerprint density at radius 2 is 2.00 bits per heavy atom. The lowest BCUT2D eigenvalue weighted by molar-refractivity contribution is 0.580. The second-order valence-corrected chi connectivity index (χ2v) is 5.93. The van der Waals surface area contributed by atoms with Crippen molar-refractivity contribution >= 4 is 10.0 Å². The molecule has 0 bridgehead atoms. The van der Waals surface area contributed by atoms with Gasteiger partial charge in [-0.25, -0.2) is 13.1 Å². The van der Waals surface area contributed by atoms with Crippen LogP contribution in [0.2, 0.25) is 0 Å². The average Bonchev–Trinajstić information content (AvgIpc) is 2.46. The molecule has 0 radical (unpaired) electrons. The van der Waals surface area contributed by atoms with Gasteiger partial charge in [0.15, 0.2) is 0 Å². The Bertz CT molecular complexity index is 764. The number of nitriles is 1. The van der Waals surface area contributed by atoms with Gasteiger partial charge in [-0.2, -0.15) is 5.26 Å². The maximum Gasteiger partial charge on any atom is 0.242 e. The first-order valence-electron chi connectivity index (χ1n) is 5.94. The molecule has 6 heteroatoms. The molecule has 20 heavy (non-hydrogen) atoms. The quantitative estimate of drug-likeness (QED) is 0.928. The van der Waals surface area contributed by atoms with E-state index in [4.69, 9.17) is 5.26 Å². The standard InChI is InChI=1S/C14H13N3O2S/c1-11-5-4-8-16-13(11)10-17-20(18,19)14-7-3-2-6-12(14)9-15/h2-8,17H,10H2,1H3. The van der Waals surface area contributed by atoms with Gasteiger partial charge >= 0.3 is 0 Å². The van der Waals surface area contributed by atoms with Crippen molar-refractivity contribution in [1.29, 1.82) is 5.26 Å². The zero-order valence-electron chi connectivity index (χ0n) is 10.9. The van der Waals surface area contributed by atoms with Gasteiger partial charge in [0.05, 0.1) is 22.7 Å². The zero-order chi connectivity index (χ0) is 14.6. The minimum absolute atomic E-state index is 0.0175. The summed E-state index contributed by atoms with van der Waals surface area (Å²) < 4.78 is 26.9. The summed E-state index contributed by atoms with van der Waals surface area (Å²) >= 11 is 0. The molecule has 5 nitrogen and oxygen atoms in total. The van der Waals surface area contributed by atoms with E-state index in [9.17, 15) is 8.42 Å². The van der Waals surface area contributed by atoms with Crippen molar-refractivity contribution < 1.29 is 8.42 Å². The molecule has 1 heterocycles. The molecule has 0 aliphatic heterocycles. The summed E-state index contributed by atoms with van der Waals surface area (Å²) in [5.41, 5.74) is 1.69. The molecule has 0 saturated carbocycles. The summed E-state index contributed by atoms with van der Waals surface area (Å²) in [7, 11) is -3.73. The van der Waals surface area contributed by atoms with Gasteiger partial charge in [0.25, 0.3) is 0 Å². The van der Waals surface area contributed by atoms with Crippen LogP contribution >= 0.6 is 0 Å². The fourth-order valence-corrected chi connectivity index (χ4v) is 2.88. The highest BCUT2D eigenvalue weighted by Gasteiger charge is 2.18. The van der Waals surface area contributed by atoms with Crippen molar-refractivity contribution in [3.63, 3.8) is 0 Å². The van der Waals surface area contributed by atoms with Gasteiger partial charge in [-0.15, -0.1) is 0 Å². The molecule has 0 unspecified atom stereocenters. The van der Waals surface area contributed by atoms with Gasteiger partial charge in [0.2, 0.25) is 10.0 Å². The molecule has 0 amide bonds. The minimum Gasteiger partial charge on any atom is -0.260 e. The van der Waals surface area contributed by atoms with Crippen LogP contribution in [0.4, 0.5) is 0 Å². The molecule has 2 rings (SSSR count). The monoisotopic (exact) mass is 287 g/mol. The Labute approximate surface area is 118 Å². The predicted octanol–water partition coefficient (Wildman–Crippen LogP) is 1.74. The first-order chi connectivity index (χ1) is 9.54. The molecule has 0 atom stereocenters. The van der Waals surface area contributed by atoms with E-state index in [2.05, 4.69) is 9.71 Å². The molecular weight excluding hydrogens is 274 g/mol. The maximum atomic E-state index is 12.2. The van der Waals surface area contributed by atoms with Gasteiger partial charge < -0.3 is 0 Å². The molecule has 0 aliphatic rings. The third-order valence-corrected chi connectivity index (χ3v) is 4.30. The molecule has 0 spiro atoms. The summed E-state index contributed by atoms with van der Waals surface area (Å²) in [6.07, 6.45) is 1.61. The van der Waals surface area contributed by atoms with Crippen molar-refractivity contribution in [2.24, 2.45) is 0 Å². The second-order valence-electron chi connectivity index (χ2n) is 4.20. The molecule has 1 aromatic carbocycles. The van der Waals surface area contributed by atoms with Crippen LogP contribution < -0.4 is 4.72 Å². The normalized spacial score (nSPS) is 11.0. The topological polar surface area (TPSA) is 82.8 Å². The van der Waals surface area contributed by atoms with Crippen molar-refractivity contribution in [1.82, 2.24) is 9.71 Å². The lowest BCUT2D eigenvalue weighted by Gasteiger charge is -2.09. The first-order valence-corrected chi connectivity index (χ1v) is 7.42. The van der Waals surface area contributed by atoms with Crippen LogP contribution in [-0.4, -0.2) is 13.4 Å². The fourth-order valence-electron chi connectivity index (χ4n) is 1.74. The number of nitrogens with zero attached hydrogens (tertiary/aromatic N) is 2. The molecule has 0 aliphatic carbocycles. The Hall–Kier alpha value is -2.23. The summed E-state index contributed by atoms with van der Waals surface area (Å²) in [6.45, 7) is 1.95. The van der Waals surface area contributed by atoms with Crippen LogP contribution in [0.25, 0.3) is 0 Å². The number of rotatable bonds is 4. The fraction of sp³-hybridized carbons (Fsp3) is 0.143. The first kappa shape index (κ1) is 14.2. The molecular formula is C14H13N3O2S. The van der Waals surface area contributed by atoms with E-state index >= 15 is 0 Å². The van der Waals surface area contributed by atoms with Crippen molar-refractivity contribution in [3.8, 4) is 6.07 Å². The Balaban J connectivity index is 2.25. The van der Waals surface area contributed by atoms with Crippen LogP contribution in [0, 0.1) is 18.3 Å². The third kappa shape index (κ3) is 3.02. The number of hydrogen-bond acceptors (Lipinski definition) is 4. The smallest absolute Gasteiger partial charge is 0.242 e. The number of aromatic nitrogens is 1. The minimum atomic E-state index is -3.73. The average molecular weight is 287 g/mol. The lowest BCUT2D eigenvalue weighted by Crippen LogP contribution is -2.24. The maximum absolute atomic E-state index is 12.2. The summed E-state index contributed by atoms with van der Waals surface area (Å²) in [5.74, 6) is 0. The number of pyridine rings is 1. The van der Waals surface area contributed by atoms with Crippen molar-refractivity contribution in [3.05, 3.63) is 59.4 Å². The molecule has 2 aromatic rings. The Morgan fingerprint density at radius 3 is 2.70 bits per heavy atom. The van der Waals surface area contributed by atoms with Gasteiger partial charge in [-0.05, 0) is 30.7 Å². The summed E-state index contributed by atoms with van der Waals surface area (Å²) in [5, 5.41) is 8.96. The number of aryl methyl sites for hydroxylation is 1. The number of sulfonamides is 1. The van der Waals surface area contributed by atoms with E-state index in [0.717, 1.165) is 5.56 Å². The van der Waals surface area contributed by atoms with E-state index < -0.39 is 10.0 Å². The largest absolute Gasteiger partial charge is 0.260 e. The zero-order valence-corrected chi connectivity index (χ0v) is 11.7. The number of nitrogens with one attached hydrogen (secondary N) is 1. The van der Waals surface area contributed by atoms with E-state index in [1.165, 1.54) is 12.1 Å². The highest BCUT2D eigenvalue weighted by molar-refractivity contribution is 7.89. The van der Waals surface area contributed by atoms with Gasteiger partial charge in [0.1, 0.15) is 6.07 Å². The van der Waals surface area contributed by atoms with Crippen LogP contribution in [-0.2, 0) is 16.6 Å². The Kier molecular flexibility index (Phi) is 4.13. The second kappa shape index (κ2) is 5.82. The van der Waals surface area contributed by atoms with Crippen molar-refractivity contribution in [2.45, 2.75) is 18.4 Å². The number of benzene rings is 1. The van der Waals surface area contributed by atoms with Crippen LogP contribution in [0.1, 0.15) is 16.8 Å². The van der Waals surface area contributed by atoms with E-state index in [-0.39, 0.29) is 17.0 Å². The molecule has 0 saturated heterocycles. The predicted molar refractivity (Wildman–Crippen MR) is 74.2 cm³/mol. The van der Waals surface area contributed by atoms with Crippen molar-refractivity contribution in [2.75, 3.05) is 0 Å². The molecule has 102 valence electrons. The molecule has 1 aromatic heterocycles. The van der Waals surface area contributed by atoms with Gasteiger partial charge in [0, 0.05) is 6.20 Å². The van der Waals surface area contributed by atoms with E-state index in [0.29, 0.717) is 5.69 Å².